The van der Waals surface area contributed by atoms with Gasteiger partial charge in [-0.3, -0.25) is 4.90 Å². The Morgan fingerprint density at radius 2 is 1.83 bits per heavy atom. The zero-order valence-electron chi connectivity index (χ0n) is 20.4. The summed E-state index contributed by atoms with van der Waals surface area (Å²) < 4.78 is 67.1. The van der Waals surface area contributed by atoms with Crippen molar-refractivity contribution in [3.8, 4) is 0 Å². The average Bonchev–Trinajstić information content (AvgIpc) is 3.16. The van der Waals surface area contributed by atoms with Gasteiger partial charge in [-0.2, -0.15) is 0 Å². The molecule has 0 bridgehead atoms. The Kier molecular flexibility index (Phi) is 2.29. The van der Waals surface area contributed by atoms with Crippen LogP contribution >= 0.6 is 11.6 Å². The van der Waals surface area contributed by atoms with Gasteiger partial charge in [0, 0.05) is 17.1 Å². The minimum absolute atomic E-state index is 0.0402. The van der Waals surface area contributed by atoms with E-state index in [0.29, 0.717) is 5.02 Å². The molecule has 0 saturated carbocycles. The van der Waals surface area contributed by atoms with Crippen LogP contribution in [0.3, 0.4) is 0 Å². The van der Waals surface area contributed by atoms with Gasteiger partial charge in [0.05, 0.1) is 23.1 Å². The largest absolute Gasteiger partial charge is 0.322 e. The van der Waals surface area contributed by atoms with Crippen molar-refractivity contribution in [3.05, 3.63) is 64.8 Å². The number of likely N-dealkylation sites (tertiary alicyclic amines) is 1. The normalized spacial score (nSPS) is 24.9. The second kappa shape index (κ2) is 6.34. The van der Waals surface area contributed by atoms with Crippen LogP contribution in [0.2, 0.25) is 5.02 Å². The van der Waals surface area contributed by atoms with E-state index in [-0.39, 0.29) is 60.9 Å². The molecule has 0 N–H and O–H groups in total. The number of halogens is 1. The highest BCUT2D eigenvalue weighted by Crippen LogP contribution is 2.21. The molecule has 3 nitrogen and oxygen atoms in total. The lowest BCUT2D eigenvalue weighted by Crippen LogP contribution is -2.21. The van der Waals surface area contributed by atoms with Crippen LogP contribution in [0.4, 0.5) is 0 Å². The monoisotopic (exact) mass is 333 g/mol. The molecule has 0 amide bonds. The van der Waals surface area contributed by atoms with E-state index in [1.54, 1.807) is 28.8 Å². The molecule has 3 aromatic rings. The van der Waals surface area contributed by atoms with Crippen molar-refractivity contribution in [2.45, 2.75) is 25.9 Å². The van der Waals surface area contributed by atoms with Gasteiger partial charge in [-0.1, -0.05) is 35.8 Å². The van der Waals surface area contributed by atoms with Crippen LogP contribution in [0, 0.1) is 0 Å². The smallest absolute Gasteiger partial charge is 0.124 e. The molecule has 0 unspecified atom stereocenters. The molecule has 0 radical (unpaired) electrons. The molecule has 0 spiro atoms. The Bertz CT molecular complexity index is 1140. The number of hydrogen-bond acceptors (Lipinski definition) is 2. The maximum absolute atomic E-state index is 8.39. The molecule has 0 aliphatic carbocycles. The van der Waals surface area contributed by atoms with Crippen LogP contribution in [0.1, 0.15) is 35.2 Å². The second-order valence-electron chi connectivity index (χ2n) is 5.34. The minimum Gasteiger partial charge on any atom is -0.322 e. The molecule has 118 valence electrons. The lowest BCUT2D eigenvalue weighted by atomic mass is 10.2. The summed E-state index contributed by atoms with van der Waals surface area (Å²) in [5.74, 6) is 0.270. The van der Waals surface area contributed by atoms with Crippen molar-refractivity contribution in [2.24, 2.45) is 0 Å². The zero-order valence-corrected chi connectivity index (χ0v) is 13.1. The van der Waals surface area contributed by atoms with E-state index in [4.69, 9.17) is 22.6 Å². The van der Waals surface area contributed by atoms with Gasteiger partial charge >= 0.3 is 0 Å². The molecular formula is C19H20ClN3. The van der Waals surface area contributed by atoms with Crippen molar-refractivity contribution in [2.75, 3.05) is 13.0 Å². The van der Waals surface area contributed by atoms with E-state index in [1.807, 2.05) is 0 Å². The lowest BCUT2D eigenvalue weighted by molar-refractivity contribution is 0.318. The number of para-hydroxylation sites is 2. The third-order valence-electron chi connectivity index (χ3n) is 3.75. The van der Waals surface area contributed by atoms with Gasteiger partial charge in [0.2, 0.25) is 0 Å². The number of nitrogens with zero attached hydrogens (tertiary/aromatic N) is 3. The van der Waals surface area contributed by atoms with Crippen LogP contribution in [-0.2, 0) is 13.1 Å². The van der Waals surface area contributed by atoms with Gasteiger partial charge in [0.25, 0.3) is 0 Å². The number of fused-ring (bicyclic) bond motifs is 1. The molecule has 1 aliphatic heterocycles. The van der Waals surface area contributed by atoms with Crippen LogP contribution in [0.25, 0.3) is 11.0 Å². The van der Waals surface area contributed by atoms with Crippen molar-refractivity contribution in [1.82, 2.24) is 14.5 Å². The van der Waals surface area contributed by atoms with Gasteiger partial charge in [0.1, 0.15) is 5.82 Å². The highest BCUT2D eigenvalue weighted by atomic mass is 35.5. The first kappa shape index (κ1) is 8.32. The average molecular weight is 334 g/mol. The first-order valence-electron chi connectivity index (χ1n) is 11.4. The summed E-state index contributed by atoms with van der Waals surface area (Å²) in [6, 6.07) is 5.71. The fourth-order valence-electron chi connectivity index (χ4n) is 2.65. The minimum atomic E-state index is -1.87. The lowest BCUT2D eigenvalue weighted by Gasteiger charge is -2.16. The van der Waals surface area contributed by atoms with E-state index >= 15 is 0 Å². The SMILES string of the molecule is [2H]c1c([2H])c([2H])c2c(nc(CN3C([2H])([2H])CCC3([2H])[2H])n2Cc2ccc(Cl)cc2)c1[2H]. The summed E-state index contributed by atoms with van der Waals surface area (Å²) in [6.45, 7) is -3.71. The van der Waals surface area contributed by atoms with Crippen LogP contribution in [0.15, 0.2) is 48.4 Å². The third kappa shape index (κ3) is 3.12. The Balaban J connectivity index is 1.90. The molecule has 4 rings (SSSR count). The fraction of sp³-hybridized carbons (Fsp3) is 0.316. The molecule has 1 aromatic heterocycles. The molecule has 2 heterocycles. The topological polar surface area (TPSA) is 21.1 Å². The zero-order chi connectivity index (χ0) is 22.7. The quantitative estimate of drug-likeness (QED) is 0.708. The Morgan fingerprint density at radius 3 is 2.61 bits per heavy atom. The fourth-order valence-corrected chi connectivity index (χ4v) is 2.77. The molecule has 1 aliphatic rings. The van der Waals surface area contributed by atoms with Crippen LogP contribution in [0.5, 0.6) is 0 Å². The summed E-state index contributed by atoms with van der Waals surface area (Å²) in [5, 5.41) is 0.555. The number of hydrogen-bond donors (Lipinski definition) is 0. The Hall–Kier alpha value is -1.84. The summed E-state index contributed by atoms with van der Waals surface area (Å²) in [6.07, 6.45) is 0.0804. The van der Waals surface area contributed by atoms with E-state index in [2.05, 4.69) is 4.98 Å². The number of benzene rings is 2. The van der Waals surface area contributed by atoms with Crippen molar-refractivity contribution in [3.63, 3.8) is 0 Å². The predicted molar refractivity (Wildman–Crippen MR) is 94.8 cm³/mol. The molecule has 0 atom stereocenters. The van der Waals surface area contributed by atoms with Gasteiger partial charge < -0.3 is 4.57 Å². The molecular weight excluding hydrogens is 306 g/mol. The first-order valence-corrected chi connectivity index (χ1v) is 7.78. The number of rotatable bonds is 4. The van der Waals surface area contributed by atoms with Crippen molar-refractivity contribution >= 4 is 22.6 Å². The van der Waals surface area contributed by atoms with Gasteiger partial charge in [-0.05, 0) is 55.6 Å². The van der Waals surface area contributed by atoms with E-state index in [0.717, 1.165) is 10.5 Å². The summed E-state index contributed by atoms with van der Waals surface area (Å²) in [4.78, 5) is 5.54. The molecule has 1 fully saturated rings. The number of imidazole rings is 1. The highest BCUT2D eigenvalue weighted by Gasteiger charge is 2.17. The Labute approximate surface area is 152 Å². The summed E-state index contributed by atoms with van der Waals surface area (Å²) in [5.41, 5.74) is 1.09. The van der Waals surface area contributed by atoms with Gasteiger partial charge in [-0.15, -0.1) is 0 Å². The van der Waals surface area contributed by atoms with E-state index in [1.165, 1.54) is 0 Å². The summed E-state index contributed by atoms with van der Waals surface area (Å²) >= 11 is 5.97. The number of aromatic nitrogens is 2. The van der Waals surface area contributed by atoms with Gasteiger partial charge in [-0.25, -0.2) is 4.98 Å². The summed E-state index contributed by atoms with van der Waals surface area (Å²) in [7, 11) is 0. The van der Waals surface area contributed by atoms with E-state index < -0.39 is 19.0 Å². The van der Waals surface area contributed by atoms with Crippen LogP contribution in [-0.4, -0.2) is 27.4 Å². The van der Waals surface area contributed by atoms with Gasteiger partial charge in [0.15, 0.2) is 0 Å². The standard InChI is InChI=1S/C19H20ClN3/c20-16-9-7-15(8-10-16)13-23-18-6-2-1-5-17(18)21-19(23)14-22-11-3-4-12-22/h1-2,5-10H,3-4,11-14H2/i1D,2D,5D,6D,11D2,12D2. The van der Waals surface area contributed by atoms with Crippen LogP contribution < -0.4 is 0 Å². The predicted octanol–water partition coefficient (Wildman–Crippen LogP) is 4.33. The maximum atomic E-state index is 8.39. The highest BCUT2D eigenvalue weighted by molar-refractivity contribution is 6.30. The molecule has 23 heavy (non-hydrogen) atoms. The second-order valence-corrected chi connectivity index (χ2v) is 5.78. The Morgan fingerprint density at radius 1 is 1.09 bits per heavy atom. The maximum Gasteiger partial charge on any atom is 0.124 e. The van der Waals surface area contributed by atoms with Crippen molar-refractivity contribution in [1.29, 1.82) is 0 Å². The molecule has 2 aromatic carbocycles. The first-order chi connectivity index (χ1) is 14.4. The molecule has 4 heteroatoms. The van der Waals surface area contributed by atoms with E-state index in [9.17, 15) is 0 Å². The third-order valence-corrected chi connectivity index (χ3v) is 4.01. The molecule has 1 saturated heterocycles. The van der Waals surface area contributed by atoms with Crippen molar-refractivity contribution < 1.29 is 11.0 Å².